The van der Waals surface area contributed by atoms with Crippen LogP contribution in [0.5, 0.6) is 0 Å². The van der Waals surface area contributed by atoms with E-state index < -0.39 is 0 Å². The van der Waals surface area contributed by atoms with Crippen molar-refractivity contribution in [2.24, 2.45) is 0 Å². The quantitative estimate of drug-likeness (QED) is 0.528. The lowest BCUT2D eigenvalue weighted by Gasteiger charge is -2.04. The summed E-state index contributed by atoms with van der Waals surface area (Å²) in [5.74, 6) is 0. The molecular weight excluding hydrogens is 194 g/mol. The highest BCUT2D eigenvalue weighted by Crippen LogP contribution is 2.20. The van der Waals surface area contributed by atoms with Crippen molar-refractivity contribution in [2.75, 3.05) is 7.05 Å². The maximum Gasteiger partial charge on any atom is 0.176 e. The van der Waals surface area contributed by atoms with Crippen molar-refractivity contribution >= 4 is 17.0 Å². The van der Waals surface area contributed by atoms with Crippen LogP contribution in [0.1, 0.15) is 11.1 Å². The van der Waals surface area contributed by atoms with E-state index in [1.54, 1.807) is 6.20 Å². The van der Waals surface area contributed by atoms with Crippen molar-refractivity contribution in [3.8, 4) is 0 Å². The molecule has 0 N–H and O–H groups in total. The number of aryl methyl sites for hydroxylation is 1. The Morgan fingerprint density at radius 1 is 1.12 bits per heavy atom. The molecule has 0 aliphatic rings. The molecule has 0 aromatic heterocycles. The van der Waals surface area contributed by atoms with Gasteiger partial charge < -0.3 is 0 Å². The number of hydrogen-bond donors (Lipinski definition) is 0. The zero-order valence-electron chi connectivity index (χ0n) is 9.77. The van der Waals surface area contributed by atoms with Gasteiger partial charge in [0.25, 0.3) is 0 Å². The number of rotatable bonds is 2. The summed E-state index contributed by atoms with van der Waals surface area (Å²) >= 11 is 0. The molecule has 2 aromatic rings. The van der Waals surface area contributed by atoms with Crippen molar-refractivity contribution in [1.82, 2.24) is 0 Å². The predicted octanol–water partition coefficient (Wildman–Crippen LogP) is 3.35. The first-order valence-electron chi connectivity index (χ1n) is 5.40. The van der Waals surface area contributed by atoms with Crippen LogP contribution in [0.2, 0.25) is 0 Å². The van der Waals surface area contributed by atoms with Gasteiger partial charge in [0, 0.05) is 5.56 Å². The van der Waals surface area contributed by atoms with Gasteiger partial charge in [-0.1, -0.05) is 30.3 Å². The molecule has 2 rings (SSSR count). The average molecular weight is 210 g/mol. The summed E-state index contributed by atoms with van der Waals surface area (Å²) < 4.78 is 1.97. The van der Waals surface area contributed by atoms with Gasteiger partial charge in [-0.25, -0.2) is 4.58 Å². The molecule has 0 heterocycles. The first kappa shape index (κ1) is 10.6. The van der Waals surface area contributed by atoms with Crippen LogP contribution < -0.4 is 0 Å². The summed E-state index contributed by atoms with van der Waals surface area (Å²) in [5, 5.41) is 2.60. The van der Waals surface area contributed by atoms with Crippen LogP contribution >= 0.6 is 0 Å². The van der Waals surface area contributed by atoms with Crippen molar-refractivity contribution < 1.29 is 4.58 Å². The third-order valence-electron chi connectivity index (χ3n) is 2.87. The number of hydrogen-bond acceptors (Lipinski definition) is 0. The summed E-state index contributed by atoms with van der Waals surface area (Å²) in [5.41, 5.74) is 2.55. The first-order chi connectivity index (χ1) is 7.72. The Labute approximate surface area is 96.4 Å². The molecule has 0 saturated carbocycles. The summed E-state index contributed by atoms with van der Waals surface area (Å²) in [6.45, 7) is 5.90. The zero-order chi connectivity index (χ0) is 11.5. The van der Waals surface area contributed by atoms with E-state index in [0.29, 0.717) is 0 Å². The molecule has 1 heteroatoms. The van der Waals surface area contributed by atoms with Gasteiger partial charge in [0.2, 0.25) is 0 Å². The molecule has 0 fully saturated rings. The summed E-state index contributed by atoms with van der Waals surface area (Å²) in [6, 6.07) is 12.8. The Hall–Kier alpha value is -1.89. The summed E-state index contributed by atoms with van der Waals surface area (Å²) in [6.07, 6.45) is 3.89. The SMILES string of the molecule is C=C/[N+](C)=C/c1ccc2ccccc2c1C. The molecular formula is C15H16N+. The van der Waals surface area contributed by atoms with Crippen molar-refractivity contribution in [2.45, 2.75) is 6.92 Å². The summed E-state index contributed by atoms with van der Waals surface area (Å²) in [7, 11) is 1.99. The highest BCUT2D eigenvalue weighted by Gasteiger charge is 2.03. The zero-order valence-corrected chi connectivity index (χ0v) is 9.77. The molecule has 0 bridgehead atoms. The Kier molecular flexibility index (Phi) is 2.86. The van der Waals surface area contributed by atoms with Gasteiger partial charge in [-0.05, 0) is 35.9 Å². The molecule has 0 atom stereocenters. The molecule has 0 saturated heterocycles. The van der Waals surface area contributed by atoms with Crippen LogP contribution in [0, 0.1) is 6.92 Å². The lowest BCUT2D eigenvalue weighted by Crippen LogP contribution is -2.00. The van der Waals surface area contributed by atoms with Crippen LogP contribution in [-0.4, -0.2) is 17.8 Å². The van der Waals surface area contributed by atoms with Gasteiger partial charge >= 0.3 is 0 Å². The van der Waals surface area contributed by atoms with Gasteiger partial charge in [0.15, 0.2) is 12.4 Å². The Morgan fingerprint density at radius 2 is 1.88 bits per heavy atom. The molecule has 16 heavy (non-hydrogen) atoms. The van der Waals surface area contributed by atoms with Gasteiger partial charge in [0.05, 0.1) is 0 Å². The smallest absolute Gasteiger partial charge is 0.176 e. The van der Waals surface area contributed by atoms with E-state index in [1.165, 1.54) is 21.9 Å². The van der Waals surface area contributed by atoms with Crippen molar-refractivity contribution in [1.29, 1.82) is 0 Å². The van der Waals surface area contributed by atoms with E-state index in [2.05, 4.69) is 56.1 Å². The van der Waals surface area contributed by atoms with Gasteiger partial charge in [-0.3, -0.25) is 0 Å². The second-order valence-electron chi connectivity index (χ2n) is 3.98. The highest BCUT2D eigenvalue weighted by atomic mass is 14.9. The Morgan fingerprint density at radius 3 is 2.62 bits per heavy atom. The standard InChI is InChI=1S/C15H16N/c1-4-16(3)11-14-10-9-13-7-5-6-8-15(13)12(14)2/h4-11H,1H2,2-3H3/q+1/b16-11+. The normalized spacial score (nSPS) is 11.8. The van der Waals surface area contributed by atoms with E-state index in [9.17, 15) is 0 Å². The number of fused-ring (bicyclic) bond motifs is 1. The van der Waals surface area contributed by atoms with Crippen LogP contribution in [0.15, 0.2) is 49.2 Å². The number of benzene rings is 2. The van der Waals surface area contributed by atoms with Gasteiger partial charge in [-0.15, -0.1) is 0 Å². The topological polar surface area (TPSA) is 3.01 Å². The fraction of sp³-hybridized carbons (Fsp3) is 0.133. The Balaban J connectivity index is 2.65. The van der Waals surface area contributed by atoms with E-state index in [0.717, 1.165) is 0 Å². The third-order valence-corrected chi connectivity index (χ3v) is 2.87. The third kappa shape index (κ3) is 1.89. The van der Waals surface area contributed by atoms with Crippen LogP contribution in [0.25, 0.3) is 10.8 Å². The number of nitrogens with zero attached hydrogens (tertiary/aromatic N) is 1. The average Bonchev–Trinajstić information content (AvgIpc) is 2.33. The molecule has 0 amide bonds. The molecule has 0 aliphatic heterocycles. The molecule has 80 valence electrons. The molecule has 2 aromatic carbocycles. The van der Waals surface area contributed by atoms with Crippen LogP contribution in [0.4, 0.5) is 0 Å². The molecule has 0 spiro atoms. The van der Waals surface area contributed by atoms with E-state index in [1.807, 2.05) is 11.6 Å². The first-order valence-corrected chi connectivity index (χ1v) is 5.40. The second kappa shape index (κ2) is 4.31. The maximum atomic E-state index is 3.74. The van der Waals surface area contributed by atoms with Gasteiger partial charge in [-0.2, -0.15) is 0 Å². The van der Waals surface area contributed by atoms with E-state index >= 15 is 0 Å². The van der Waals surface area contributed by atoms with Crippen molar-refractivity contribution in [3.63, 3.8) is 0 Å². The largest absolute Gasteiger partial charge is 0.208 e. The minimum absolute atomic E-state index is 1.24. The molecule has 0 aliphatic carbocycles. The van der Waals surface area contributed by atoms with E-state index in [-0.39, 0.29) is 0 Å². The lowest BCUT2D eigenvalue weighted by molar-refractivity contribution is -0.415. The fourth-order valence-electron chi connectivity index (χ4n) is 1.86. The minimum Gasteiger partial charge on any atom is -0.208 e. The Bertz CT molecular complexity index is 565. The van der Waals surface area contributed by atoms with Crippen LogP contribution in [0.3, 0.4) is 0 Å². The van der Waals surface area contributed by atoms with Crippen LogP contribution in [-0.2, 0) is 0 Å². The van der Waals surface area contributed by atoms with E-state index in [4.69, 9.17) is 0 Å². The van der Waals surface area contributed by atoms with Crippen molar-refractivity contribution in [3.05, 3.63) is 60.3 Å². The molecule has 0 radical (unpaired) electrons. The molecule has 1 nitrogen and oxygen atoms in total. The fourth-order valence-corrected chi connectivity index (χ4v) is 1.86. The summed E-state index contributed by atoms with van der Waals surface area (Å²) in [4.78, 5) is 0. The maximum absolute atomic E-state index is 3.74. The second-order valence-corrected chi connectivity index (χ2v) is 3.98. The monoisotopic (exact) mass is 210 g/mol. The predicted molar refractivity (Wildman–Crippen MR) is 70.2 cm³/mol. The minimum atomic E-state index is 1.24. The van der Waals surface area contributed by atoms with Gasteiger partial charge in [0.1, 0.15) is 7.05 Å². The lowest BCUT2D eigenvalue weighted by atomic mass is 10.0. The highest BCUT2D eigenvalue weighted by molar-refractivity contribution is 5.93. The molecule has 0 unspecified atom stereocenters.